The molecule has 126 valence electrons. The lowest BCUT2D eigenvalue weighted by Crippen LogP contribution is -2.34. The first-order valence-corrected chi connectivity index (χ1v) is 8.36. The fourth-order valence-electron chi connectivity index (χ4n) is 3.01. The highest BCUT2D eigenvalue weighted by molar-refractivity contribution is 5.94. The molecular formula is C20H24N2O2. The molecule has 1 unspecified atom stereocenters. The van der Waals surface area contributed by atoms with E-state index >= 15 is 0 Å². The number of likely N-dealkylation sites (tertiary alicyclic amines) is 1. The maximum atomic E-state index is 12.7. The lowest BCUT2D eigenvalue weighted by Gasteiger charge is -2.22. The SMILES string of the molecule is CC1(CN)CCN(C(=O)c2cccc(OCc3ccccc3)c2)C1. The predicted octanol–water partition coefficient (Wildman–Crippen LogP) is 3.08. The van der Waals surface area contributed by atoms with Crippen LogP contribution in [0.25, 0.3) is 0 Å². The number of hydrogen-bond acceptors (Lipinski definition) is 3. The summed E-state index contributed by atoms with van der Waals surface area (Å²) in [5.74, 6) is 0.767. The number of nitrogens with zero attached hydrogens (tertiary/aromatic N) is 1. The van der Waals surface area contributed by atoms with Crippen molar-refractivity contribution in [1.82, 2.24) is 4.90 Å². The zero-order valence-corrected chi connectivity index (χ0v) is 14.1. The smallest absolute Gasteiger partial charge is 0.254 e. The maximum absolute atomic E-state index is 12.7. The number of carbonyl (C=O) groups is 1. The molecule has 1 atom stereocenters. The molecule has 1 saturated heterocycles. The van der Waals surface area contributed by atoms with Crippen LogP contribution in [0.1, 0.15) is 29.3 Å². The average molecular weight is 324 g/mol. The molecule has 2 aromatic rings. The molecule has 0 aliphatic carbocycles. The molecule has 4 nitrogen and oxygen atoms in total. The van der Waals surface area contributed by atoms with Gasteiger partial charge in [-0.1, -0.05) is 43.3 Å². The Kier molecular flexibility index (Phi) is 4.86. The molecular weight excluding hydrogens is 300 g/mol. The Hall–Kier alpha value is -2.33. The monoisotopic (exact) mass is 324 g/mol. The molecule has 2 aromatic carbocycles. The molecule has 1 aliphatic rings. The van der Waals surface area contributed by atoms with Crippen molar-refractivity contribution >= 4 is 5.91 Å². The van der Waals surface area contributed by atoms with Crippen molar-refractivity contribution in [3.8, 4) is 5.75 Å². The van der Waals surface area contributed by atoms with E-state index in [1.165, 1.54) is 0 Å². The van der Waals surface area contributed by atoms with E-state index in [4.69, 9.17) is 10.5 Å². The van der Waals surface area contributed by atoms with Gasteiger partial charge in [-0.15, -0.1) is 0 Å². The third-order valence-electron chi connectivity index (χ3n) is 4.67. The lowest BCUT2D eigenvalue weighted by molar-refractivity contribution is 0.0776. The summed E-state index contributed by atoms with van der Waals surface area (Å²) in [6.45, 7) is 4.73. The van der Waals surface area contributed by atoms with E-state index in [-0.39, 0.29) is 11.3 Å². The van der Waals surface area contributed by atoms with Crippen LogP contribution in [0.2, 0.25) is 0 Å². The van der Waals surface area contributed by atoms with Gasteiger partial charge in [0.25, 0.3) is 5.91 Å². The lowest BCUT2D eigenvalue weighted by atomic mass is 9.90. The standard InChI is InChI=1S/C20H24N2O2/c1-20(14-21)10-11-22(15-20)19(23)17-8-5-9-18(12-17)24-13-16-6-3-2-4-7-16/h2-9,12H,10-11,13-15,21H2,1H3. The van der Waals surface area contributed by atoms with Gasteiger partial charge in [0.1, 0.15) is 12.4 Å². The Balaban J connectivity index is 1.66. The second-order valence-electron chi connectivity index (χ2n) is 6.79. The van der Waals surface area contributed by atoms with Crippen molar-refractivity contribution in [3.63, 3.8) is 0 Å². The molecule has 3 rings (SSSR count). The molecule has 0 aromatic heterocycles. The highest BCUT2D eigenvalue weighted by atomic mass is 16.5. The maximum Gasteiger partial charge on any atom is 0.254 e. The second-order valence-corrected chi connectivity index (χ2v) is 6.79. The van der Waals surface area contributed by atoms with E-state index in [1.807, 2.05) is 59.5 Å². The van der Waals surface area contributed by atoms with Gasteiger partial charge in [0, 0.05) is 18.7 Å². The Morgan fingerprint density at radius 3 is 2.71 bits per heavy atom. The molecule has 1 heterocycles. The van der Waals surface area contributed by atoms with E-state index in [9.17, 15) is 4.79 Å². The van der Waals surface area contributed by atoms with Crippen LogP contribution in [0, 0.1) is 5.41 Å². The van der Waals surface area contributed by atoms with Gasteiger partial charge in [0.2, 0.25) is 0 Å². The number of carbonyl (C=O) groups excluding carboxylic acids is 1. The van der Waals surface area contributed by atoms with Crippen LogP contribution in [-0.2, 0) is 6.61 Å². The molecule has 24 heavy (non-hydrogen) atoms. The Morgan fingerprint density at radius 1 is 1.21 bits per heavy atom. The number of rotatable bonds is 5. The number of ether oxygens (including phenoxy) is 1. The van der Waals surface area contributed by atoms with Crippen molar-refractivity contribution in [1.29, 1.82) is 0 Å². The minimum Gasteiger partial charge on any atom is -0.489 e. The fourth-order valence-corrected chi connectivity index (χ4v) is 3.01. The molecule has 1 fully saturated rings. The van der Waals surface area contributed by atoms with Gasteiger partial charge >= 0.3 is 0 Å². The van der Waals surface area contributed by atoms with E-state index in [1.54, 1.807) is 0 Å². The van der Waals surface area contributed by atoms with Crippen LogP contribution in [0.5, 0.6) is 5.75 Å². The Labute approximate surface area is 143 Å². The number of amides is 1. The van der Waals surface area contributed by atoms with Crippen molar-refractivity contribution < 1.29 is 9.53 Å². The summed E-state index contributed by atoms with van der Waals surface area (Å²) in [6, 6.07) is 17.4. The van der Waals surface area contributed by atoms with Crippen molar-refractivity contribution in [3.05, 3.63) is 65.7 Å². The first-order valence-electron chi connectivity index (χ1n) is 8.36. The zero-order chi connectivity index (χ0) is 17.0. The molecule has 1 amide bonds. The topological polar surface area (TPSA) is 55.6 Å². The van der Waals surface area contributed by atoms with Crippen LogP contribution < -0.4 is 10.5 Å². The normalized spacial score (nSPS) is 20.2. The van der Waals surface area contributed by atoms with Crippen LogP contribution >= 0.6 is 0 Å². The highest BCUT2D eigenvalue weighted by Gasteiger charge is 2.35. The summed E-state index contributed by atoms with van der Waals surface area (Å²) < 4.78 is 5.82. The first kappa shape index (κ1) is 16.5. The van der Waals surface area contributed by atoms with Gasteiger partial charge < -0.3 is 15.4 Å². The summed E-state index contributed by atoms with van der Waals surface area (Å²) in [7, 11) is 0. The van der Waals surface area contributed by atoms with E-state index in [0.29, 0.717) is 24.5 Å². The van der Waals surface area contributed by atoms with Gasteiger partial charge in [-0.25, -0.2) is 0 Å². The zero-order valence-electron chi connectivity index (χ0n) is 14.1. The van der Waals surface area contributed by atoms with Gasteiger partial charge in [0.15, 0.2) is 0 Å². The fraction of sp³-hybridized carbons (Fsp3) is 0.350. The van der Waals surface area contributed by atoms with Gasteiger partial charge in [-0.05, 0) is 42.1 Å². The minimum atomic E-state index is 0.0388. The molecule has 1 aliphatic heterocycles. The molecule has 0 radical (unpaired) electrons. The molecule has 4 heteroatoms. The minimum absolute atomic E-state index is 0.0388. The molecule has 0 saturated carbocycles. The number of benzene rings is 2. The first-order chi connectivity index (χ1) is 11.6. The van der Waals surface area contributed by atoms with Gasteiger partial charge in [-0.2, -0.15) is 0 Å². The van der Waals surface area contributed by atoms with Crippen LogP contribution in [0.3, 0.4) is 0 Å². The van der Waals surface area contributed by atoms with Crippen molar-refractivity contribution in [2.75, 3.05) is 19.6 Å². The van der Waals surface area contributed by atoms with Crippen LogP contribution in [0.15, 0.2) is 54.6 Å². The summed E-state index contributed by atoms with van der Waals surface area (Å²) in [4.78, 5) is 14.6. The summed E-state index contributed by atoms with van der Waals surface area (Å²) >= 11 is 0. The predicted molar refractivity (Wildman–Crippen MR) is 94.9 cm³/mol. The summed E-state index contributed by atoms with van der Waals surface area (Å²) in [5.41, 5.74) is 7.64. The Bertz CT molecular complexity index is 702. The van der Waals surface area contributed by atoms with Crippen LogP contribution in [0.4, 0.5) is 0 Å². The van der Waals surface area contributed by atoms with E-state index in [0.717, 1.165) is 25.1 Å². The second kappa shape index (κ2) is 7.05. The largest absolute Gasteiger partial charge is 0.489 e. The Morgan fingerprint density at radius 2 is 2.00 bits per heavy atom. The molecule has 0 bridgehead atoms. The van der Waals surface area contributed by atoms with Crippen LogP contribution in [-0.4, -0.2) is 30.4 Å². The summed E-state index contributed by atoms with van der Waals surface area (Å²) in [5, 5.41) is 0. The van der Waals surface area contributed by atoms with Crippen molar-refractivity contribution in [2.45, 2.75) is 20.0 Å². The van der Waals surface area contributed by atoms with E-state index in [2.05, 4.69) is 6.92 Å². The summed E-state index contributed by atoms with van der Waals surface area (Å²) in [6.07, 6.45) is 0.958. The molecule has 2 N–H and O–H groups in total. The highest BCUT2D eigenvalue weighted by Crippen LogP contribution is 2.29. The van der Waals surface area contributed by atoms with Gasteiger partial charge in [-0.3, -0.25) is 4.79 Å². The molecule has 0 spiro atoms. The van der Waals surface area contributed by atoms with E-state index < -0.39 is 0 Å². The number of nitrogens with two attached hydrogens (primary N) is 1. The third kappa shape index (κ3) is 3.77. The number of hydrogen-bond donors (Lipinski definition) is 1. The third-order valence-corrected chi connectivity index (χ3v) is 4.67. The van der Waals surface area contributed by atoms with Crippen molar-refractivity contribution in [2.24, 2.45) is 11.1 Å². The van der Waals surface area contributed by atoms with Gasteiger partial charge in [0.05, 0.1) is 0 Å². The quantitative estimate of drug-likeness (QED) is 0.919. The average Bonchev–Trinajstić information content (AvgIpc) is 3.03.